The smallest absolute Gasteiger partial charge is 0.335 e. The summed E-state index contributed by atoms with van der Waals surface area (Å²) < 4.78 is 5.71. The number of ether oxygens (including phenoxy) is 1. The molecular formula is C34H35NO7. The number of carboxylic acids is 2. The highest BCUT2D eigenvalue weighted by Gasteiger charge is 2.12. The molecule has 4 aromatic rings. The molecule has 8 nitrogen and oxygen atoms in total. The lowest BCUT2D eigenvalue weighted by Crippen LogP contribution is -2.06. The number of carbonyl (C=O) groups is 2. The normalized spacial score (nSPS) is 12.2. The molecule has 0 amide bonds. The van der Waals surface area contributed by atoms with E-state index in [1.807, 2.05) is 36.4 Å². The molecule has 0 fully saturated rings. The molecule has 2 unspecified atom stereocenters. The van der Waals surface area contributed by atoms with Crippen LogP contribution < -0.4 is 4.74 Å². The van der Waals surface area contributed by atoms with E-state index in [0.29, 0.717) is 29.1 Å². The minimum atomic E-state index is -1.04. The Bertz CT molecular complexity index is 1470. The molecule has 4 N–H and O–H groups in total. The molecule has 3 aromatic carbocycles. The van der Waals surface area contributed by atoms with Gasteiger partial charge in [-0.25, -0.2) is 9.59 Å². The fourth-order valence-corrected chi connectivity index (χ4v) is 3.90. The van der Waals surface area contributed by atoms with Gasteiger partial charge in [-0.3, -0.25) is 4.98 Å². The second-order valence-electron chi connectivity index (χ2n) is 9.45. The van der Waals surface area contributed by atoms with Crippen molar-refractivity contribution in [2.45, 2.75) is 38.4 Å². The predicted octanol–water partition coefficient (Wildman–Crippen LogP) is 6.37. The molecule has 42 heavy (non-hydrogen) atoms. The number of nitrogens with zero attached hydrogens (tertiary/aromatic N) is 1. The van der Waals surface area contributed by atoms with E-state index < -0.39 is 24.1 Å². The number of aromatic carboxylic acids is 2. The molecule has 1 heterocycles. The highest BCUT2D eigenvalue weighted by atomic mass is 16.5. The maximum absolute atomic E-state index is 11.2. The summed E-state index contributed by atoms with van der Waals surface area (Å²) in [4.78, 5) is 25.9. The van der Waals surface area contributed by atoms with Crippen molar-refractivity contribution in [3.05, 3.63) is 137 Å². The van der Waals surface area contributed by atoms with Gasteiger partial charge in [0, 0.05) is 12.1 Å². The Balaban J connectivity index is 0.000000458. The molecule has 1 aromatic heterocycles. The van der Waals surface area contributed by atoms with Gasteiger partial charge in [0.25, 0.3) is 0 Å². The van der Waals surface area contributed by atoms with Gasteiger partial charge in [0.05, 0.1) is 35.6 Å². The van der Waals surface area contributed by atoms with Crippen LogP contribution in [0, 0.1) is 0 Å². The van der Waals surface area contributed by atoms with E-state index in [1.165, 1.54) is 12.1 Å². The van der Waals surface area contributed by atoms with Crippen LogP contribution in [0.5, 0.6) is 5.75 Å². The number of pyridine rings is 1. The van der Waals surface area contributed by atoms with Gasteiger partial charge < -0.3 is 25.2 Å². The number of unbranched alkanes of at least 4 members (excludes halogenated alkanes) is 1. The van der Waals surface area contributed by atoms with Gasteiger partial charge in [-0.05, 0) is 78.2 Å². The first-order chi connectivity index (χ1) is 20.3. The molecule has 0 radical (unpaired) electrons. The fourth-order valence-electron chi connectivity index (χ4n) is 3.90. The zero-order chi connectivity index (χ0) is 30.3. The average Bonchev–Trinajstić information content (AvgIpc) is 3.01. The summed E-state index contributed by atoms with van der Waals surface area (Å²) in [6.07, 6.45) is 3.98. The van der Waals surface area contributed by atoms with E-state index >= 15 is 0 Å². The third-order valence-corrected chi connectivity index (χ3v) is 6.19. The summed E-state index contributed by atoms with van der Waals surface area (Å²) in [6.45, 7) is 2.75. The van der Waals surface area contributed by atoms with Crippen molar-refractivity contribution < 1.29 is 34.8 Å². The van der Waals surface area contributed by atoms with Crippen LogP contribution in [0.4, 0.5) is 0 Å². The van der Waals surface area contributed by atoms with Gasteiger partial charge in [0.2, 0.25) is 0 Å². The summed E-state index contributed by atoms with van der Waals surface area (Å²) in [5, 5.41) is 38.6. The van der Waals surface area contributed by atoms with Crippen LogP contribution in [0.3, 0.4) is 0 Å². The Morgan fingerprint density at radius 1 is 0.810 bits per heavy atom. The molecule has 0 aliphatic carbocycles. The Morgan fingerprint density at radius 2 is 1.48 bits per heavy atom. The standard InChI is InChI=1S/C27H29NO5.C7H6O2/c1-2-3-15-33-24-12-5-8-20(17-24)25(29)14-13-22-10-6-11-23(28-22)18-26(30)19-7-4-9-21(16-19)27(31)32;8-7(9)6-4-2-1-3-5-6/h4-14,16-17,25-26,29-30H,2-3,15,18H2,1H3,(H,31,32);1-5H,(H,8,9)/b14-13+;. The van der Waals surface area contributed by atoms with Crippen LogP contribution in [0.25, 0.3) is 6.08 Å². The number of hydrogen-bond donors (Lipinski definition) is 4. The van der Waals surface area contributed by atoms with Crippen LogP contribution in [-0.2, 0) is 6.42 Å². The van der Waals surface area contributed by atoms with Crippen LogP contribution >= 0.6 is 0 Å². The topological polar surface area (TPSA) is 137 Å². The van der Waals surface area contributed by atoms with Gasteiger partial charge in [-0.2, -0.15) is 0 Å². The molecule has 4 rings (SSSR count). The highest BCUT2D eigenvalue weighted by Crippen LogP contribution is 2.22. The molecule has 0 saturated heterocycles. The van der Waals surface area contributed by atoms with E-state index in [-0.39, 0.29) is 12.0 Å². The number of carboxylic acid groups (broad SMARTS) is 2. The highest BCUT2D eigenvalue weighted by molar-refractivity contribution is 5.88. The minimum absolute atomic E-state index is 0.130. The van der Waals surface area contributed by atoms with Gasteiger partial charge in [-0.15, -0.1) is 0 Å². The summed E-state index contributed by atoms with van der Waals surface area (Å²) in [6, 6.07) is 27.4. The van der Waals surface area contributed by atoms with E-state index in [1.54, 1.807) is 60.7 Å². The zero-order valence-corrected chi connectivity index (χ0v) is 23.3. The lowest BCUT2D eigenvalue weighted by Gasteiger charge is -2.12. The van der Waals surface area contributed by atoms with Crippen LogP contribution in [-0.4, -0.2) is 44.0 Å². The SMILES string of the molecule is CCCCOc1cccc(C(O)/C=C/c2cccc(CC(O)c3cccc(C(=O)O)c3)n2)c1.O=C(O)c1ccccc1. The number of aliphatic hydroxyl groups is 2. The summed E-state index contributed by atoms with van der Waals surface area (Å²) in [7, 11) is 0. The Morgan fingerprint density at radius 3 is 2.17 bits per heavy atom. The van der Waals surface area contributed by atoms with E-state index in [2.05, 4.69) is 11.9 Å². The Hall–Kier alpha value is -4.79. The lowest BCUT2D eigenvalue weighted by atomic mass is 10.0. The summed E-state index contributed by atoms with van der Waals surface area (Å²) >= 11 is 0. The van der Waals surface area contributed by atoms with Gasteiger partial charge >= 0.3 is 11.9 Å². The van der Waals surface area contributed by atoms with E-state index in [9.17, 15) is 19.8 Å². The van der Waals surface area contributed by atoms with Crippen LogP contribution in [0.2, 0.25) is 0 Å². The molecule has 8 heteroatoms. The van der Waals surface area contributed by atoms with Crippen molar-refractivity contribution in [1.82, 2.24) is 4.98 Å². The summed E-state index contributed by atoms with van der Waals surface area (Å²) in [5.74, 6) is -1.18. The Labute approximate surface area is 245 Å². The molecule has 218 valence electrons. The molecule has 2 atom stereocenters. The number of aliphatic hydroxyl groups excluding tert-OH is 2. The van der Waals surface area contributed by atoms with Crippen molar-refractivity contribution in [3.8, 4) is 5.75 Å². The zero-order valence-electron chi connectivity index (χ0n) is 23.3. The third-order valence-electron chi connectivity index (χ3n) is 6.19. The summed E-state index contributed by atoms with van der Waals surface area (Å²) in [5.41, 5.74) is 3.02. The second-order valence-corrected chi connectivity index (χ2v) is 9.45. The van der Waals surface area contributed by atoms with Crippen molar-refractivity contribution >= 4 is 18.0 Å². The van der Waals surface area contributed by atoms with Crippen molar-refractivity contribution in [1.29, 1.82) is 0 Å². The second kappa shape index (κ2) is 16.5. The Kier molecular flexibility index (Phi) is 12.4. The number of benzene rings is 3. The van der Waals surface area contributed by atoms with E-state index in [4.69, 9.17) is 14.9 Å². The maximum atomic E-state index is 11.2. The minimum Gasteiger partial charge on any atom is -0.494 e. The van der Waals surface area contributed by atoms with Gasteiger partial charge in [0.15, 0.2) is 0 Å². The third kappa shape index (κ3) is 10.3. The maximum Gasteiger partial charge on any atom is 0.335 e. The van der Waals surface area contributed by atoms with Crippen molar-refractivity contribution in [2.75, 3.05) is 6.61 Å². The average molecular weight is 570 g/mol. The molecule has 0 spiro atoms. The van der Waals surface area contributed by atoms with Crippen molar-refractivity contribution in [2.24, 2.45) is 0 Å². The lowest BCUT2D eigenvalue weighted by molar-refractivity contribution is 0.0686. The van der Waals surface area contributed by atoms with Gasteiger partial charge in [0.1, 0.15) is 5.75 Å². The van der Waals surface area contributed by atoms with Crippen LogP contribution in [0.15, 0.2) is 103 Å². The fraction of sp³-hybridized carbons (Fsp3) is 0.206. The van der Waals surface area contributed by atoms with E-state index in [0.717, 1.165) is 24.2 Å². The monoisotopic (exact) mass is 569 g/mol. The number of hydrogen-bond acceptors (Lipinski definition) is 6. The molecule has 0 aliphatic rings. The number of aromatic nitrogens is 1. The first-order valence-corrected chi connectivity index (χ1v) is 13.6. The largest absolute Gasteiger partial charge is 0.494 e. The molecule has 0 saturated carbocycles. The first-order valence-electron chi connectivity index (χ1n) is 13.6. The molecule has 0 aliphatic heterocycles. The van der Waals surface area contributed by atoms with Crippen molar-refractivity contribution in [3.63, 3.8) is 0 Å². The van der Waals surface area contributed by atoms with Gasteiger partial charge in [-0.1, -0.05) is 61.9 Å². The quantitative estimate of drug-likeness (QED) is 0.145. The first kappa shape index (κ1) is 31.7. The molecular weight excluding hydrogens is 534 g/mol. The van der Waals surface area contributed by atoms with Crippen LogP contribution in [0.1, 0.15) is 75.2 Å². The predicted molar refractivity (Wildman–Crippen MR) is 161 cm³/mol. The molecule has 0 bridgehead atoms. The number of rotatable bonds is 12.